The molecule has 2 N–H and O–H groups in total. The Balaban J connectivity index is 1.99. The third-order valence-electron chi connectivity index (χ3n) is 3.67. The number of carbonyl (C=O) groups excluding carboxylic acids is 1. The van der Waals surface area contributed by atoms with E-state index in [2.05, 4.69) is 37.5 Å². The van der Waals surface area contributed by atoms with E-state index >= 15 is 0 Å². The summed E-state index contributed by atoms with van der Waals surface area (Å²) in [4.78, 5) is 11.7. The van der Waals surface area contributed by atoms with Crippen LogP contribution in [0.4, 0.5) is 11.4 Å². The second kappa shape index (κ2) is 6.09. The molecule has 19 heavy (non-hydrogen) atoms. The molecule has 1 amide bonds. The summed E-state index contributed by atoms with van der Waals surface area (Å²) in [7, 11) is 0. The van der Waals surface area contributed by atoms with Gasteiger partial charge in [-0.3, -0.25) is 4.79 Å². The average molecular weight is 260 g/mol. The van der Waals surface area contributed by atoms with Gasteiger partial charge in [-0.25, -0.2) is 0 Å². The van der Waals surface area contributed by atoms with Crippen LogP contribution in [0.2, 0.25) is 0 Å². The Morgan fingerprint density at radius 2 is 2.00 bits per heavy atom. The van der Waals surface area contributed by atoms with Gasteiger partial charge in [0.15, 0.2) is 0 Å². The number of carbonyl (C=O) groups is 1. The van der Waals surface area contributed by atoms with Crippen LogP contribution >= 0.6 is 0 Å². The van der Waals surface area contributed by atoms with E-state index < -0.39 is 0 Å². The minimum absolute atomic E-state index is 0.160. The molecule has 0 bridgehead atoms. The fraction of sp³-hybridized carbons (Fsp3) is 0.562. The van der Waals surface area contributed by atoms with Gasteiger partial charge < -0.3 is 10.6 Å². The minimum Gasteiger partial charge on any atom is -0.382 e. The Kier molecular flexibility index (Phi) is 4.46. The summed E-state index contributed by atoms with van der Waals surface area (Å²) >= 11 is 0. The second-order valence-electron chi connectivity index (χ2n) is 5.75. The first-order valence-corrected chi connectivity index (χ1v) is 7.27. The largest absolute Gasteiger partial charge is 0.382 e. The van der Waals surface area contributed by atoms with Crippen LogP contribution in [-0.2, 0) is 4.79 Å². The summed E-state index contributed by atoms with van der Waals surface area (Å²) in [5.41, 5.74) is 1.97. The molecule has 1 aliphatic rings. The Morgan fingerprint density at radius 3 is 2.58 bits per heavy atom. The van der Waals surface area contributed by atoms with Crippen molar-refractivity contribution in [2.24, 2.45) is 11.8 Å². The molecule has 3 nitrogen and oxygen atoms in total. The highest BCUT2D eigenvalue weighted by Gasteiger charge is 2.29. The molecule has 0 aliphatic heterocycles. The van der Waals surface area contributed by atoms with Crippen molar-refractivity contribution in [1.29, 1.82) is 0 Å². The summed E-state index contributed by atoms with van der Waals surface area (Å²) < 4.78 is 0. The summed E-state index contributed by atoms with van der Waals surface area (Å²) in [5, 5.41) is 6.52. The quantitative estimate of drug-likeness (QED) is 0.815. The lowest BCUT2D eigenvalue weighted by atomic mass is 10.0. The van der Waals surface area contributed by atoms with Crippen LogP contribution in [0.15, 0.2) is 24.3 Å². The fourth-order valence-electron chi connectivity index (χ4n) is 2.23. The normalized spacial score (nSPS) is 16.2. The predicted molar refractivity (Wildman–Crippen MR) is 80.3 cm³/mol. The SMILES string of the molecule is CCC(Nc1cccc(NC(=O)C2CC2)c1)C(C)C. The van der Waals surface area contributed by atoms with Crippen LogP contribution in [0.25, 0.3) is 0 Å². The molecule has 0 aromatic heterocycles. The molecule has 0 radical (unpaired) electrons. The number of nitrogens with one attached hydrogen (secondary N) is 2. The molecular formula is C16H24N2O. The van der Waals surface area contributed by atoms with Gasteiger partial charge in [-0.1, -0.05) is 26.8 Å². The highest BCUT2D eigenvalue weighted by molar-refractivity contribution is 5.94. The van der Waals surface area contributed by atoms with Gasteiger partial charge in [0.25, 0.3) is 0 Å². The first-order valence-electron chi connectivity index (χ1n) is 7.27. The zero-order valence-electron chi connectivity index (χ0n) is 12.1. The molecule has 1 aromatic carbocycles. The van der Waals surface area contributed by atoms with E-state index in [4.69, 9.17) is 0 Å². The zero-order valence-corrected chi connectivity index (χ0v) is 12.1. The second-order valence-corrected chi connectivity index (χ2v) is 5.75. The number of benzene rings is 1. The van der Waals surface area contributed by atoms with Crippen molar-refractivity contribution in [3.63, 3.8) is 0 Å². The van der Waals surface area contributed by atoms with Gasteiger partial charge in [0.05, 0.1) is 0 Å². The fourth-order valence-corrected chi connectivity index (χ4v) is 2.23. The van der Waals surface area contributed by atoms with E-state index in [1.54, 1.807) is 0 Å². The van der Waals surface area contributed by atoms with E-state index in [9.17, 15) is 4.79 Å². The van der Waals surface area contributed by atoms with Crippen molar-refractivity contribution in [3.05, 3.63) is 24.3 Å². The van der Waals surface area contributed by atoms with Gasteiger partial charge >= 0.3 is 0 Å². The van der Waals surface area contributed by atoms with Crippen molar-refractivity contribution < 1.29 is 4.79 Å². The average Bonchev–Trinajstić information content (AvgIpc) is 3.20. The van der Waals surface area contributed by atoms with E-state index in [0.29, 0.717) is 12.0 Å². The number of rotatable bonds is 6. The topological polar surface area (TPSA) is 41.1 Å². The molecule has 1 aliphatic carbocycles. The summed E-state index contributed by atoms with van der Waals surface area (Å²) in [6, 6.07) is 8.47. The van der Waals surface area contributed by atoms with E-state index in [1.807, 2.05) is 18.2 Å². The van der Waals surface area contributed by atoms with Crippen LogP contribution in [0.1, 0.15) is 40.0 Å². The van der Waals surface area contributed by atoms with Crippen LogP contribution in [0, 0.1) is 11.8 Å². The van der Waals surface area contributed by atoms with Crippen molar-refractivity contribution >= 4 is 17.3 Å². The first kappa shape index (κ1) is 13.9. The lowest BCUT2D eigenvalue weighted by Gasteiger charge is -2.22. The van der Waals surface area contributed by atoms with Gasteiger partial charge in [-0.2, -0.15) is 0 Å². The van der Waals surface area contributed by atoms with Crippen LogP contribution in [-0.4, -0.2) is 11.9 Å². The monoisotopic (exact) mass is 260 g/mol. The van der Waals surface area contributed by atoms with Crippen molar-refractivity contribution in [3.8, 4) is 0 Å². The summed E-state index contributed by atoms with van der Waals surface area (Å²) in [6.45, 7) is 6.64. The number of hydrogen-bond donors (Lipinski definition) is 2. The Morgan fingerprint density at radius 1 is 1.32 bits per heavy atom. The van der Waals surface area contributed by atoms with Gasteiger partial charge in [-0.05, 0) is 43.4 Å². The zero-order chi connectivity index (χ0) is 13.8. The third kappa shape index (κ3) is 3.98. The third-order valence-corrected chi connectivity index (χ3v) is 3.67. The Hall–Kier alpha value is -1.51. The molecule has 2 rings (SSSR count). The van der Waals surface area contributed by atoms with E-state index in [1.165, 1.54) is 0 Å². The molecule has 1 fully saturated rings. The van der Waals surface area contributed by atoms with E-state index in [0.717, 1.165) is 30.6 Å². The summed E-state index contributed by atoms with van der Waals surface area (Å²) in [5.74, 6) is 0.999. The molecular weight excluding hydrogens is 236 g/mol. The highest BCUT2D eigenvalue weighted by Crippen LogP contribution is 2.30. The van der Waals surface area contributed by atoms with Crippen molar-refractivity contribution in [1.82, 2.24) is 0 Å². The highest BCUT2D eigenvalue weighted by atomic mass is 16.2. The van der Waals surface area contributed by atoms with Crippen molar-refractivity contribution in [2.75, 3.05) is 10.6 Å². The van der Waals surface area contributed by atoms with Gasteiger partial charge in [0, 0.05) is 23.3 Å². The van der Waals surface area contributed by atoms with Crippen molar-refractivity contribution in [2.45, 2.75) is 46.1 Å². The minimum atomic E-state index is 0.160. The standard InChI is InChI=1S/C16H24N2O/c1-4-15(11(2)3)17-13-6-5-7-14(10-13)18-16(19)12-8-9-12/h5-7,10-12,15,17H,4,8-9H2,1-3H3,(H,18,19). The van der Waals surface area contributed by atoms with Crippen LogP contribution in [0.3, 0.4) is 0 Å². The summed E-state index contributed by atoms with van der Waals surface area (Å²) in [6.07, 6.45) is 3.17. The Labute approximate surface area is 115 Å². The predicted octanol–water partition coefficient (Wildman–Crippen LogP) is 3.88. The van der Waals surface area contributed by atoms with Gasteiger partial charge in [0.1, 0.15) is 0 Å². The lowest BCUT2D eigenvalue weighted by Crippen LogP contribution is -2.24. The smallest absolute Gasteiger partial charge is 0.227 e. The lowest BCUT2D eigenvalue weighted by molar-refractivity contribution is -0.117. The maximum absolute atomic E-state index is 11.7. The molecule has 1 atom stereocenters. The number of hydrogen-bond acceptors (Lipinski definition) is 2. The maximum Gasteiger partial charge on any atom is 0.227 e. The molecule has 104 valence electrons. The van der Waals surface area contributed by atoms with Crippen LogP contribution in [0.5, 0.6) is 0 Å². The van der Waals surface area contributed by atoms with E-state index in [-0.39, 0.29) is 11.8 Å². The van der Waals surface area contributed by atoms with Gasteiger partial charge in [0.2, 0.25) is 5.91 Å². The van der Waals surface area contributed by atoms with Crippen LogP contribution < -0.4 is 10.6 Å². The molecule has 0 heterocycles. The first-order chi connectivity index (χ1) is 9.10. The molecule has 0 spiro atoms. The Bertz CT molecular complexity index is 438. The van der Waals surface area contributed by atoms with Gasteiger partial charge in [-0.15, -0.1) is 0 Å². The molecule has 1 saturated carbocycles. The maximum atomic E-state index is 11.7. The molecule has 1 unspecified atom stereocenters. The molecule has 1 aromatic rings. The number of anilines is 2. The molecule has 0 saturated heterocycles. The number of amides is 1. The molecule has 3 heteroatoms.